The van der Waals surface area contributed by atoms with Gasteiger partial charge in [0, 0.05) is 11.9 Å². The number of nitrogens with zero attached hydrogens (tertiary/aromatic N) is 2. The standard InChI is InChI=1S/C23H30N2OS/c1-23(2,3)19-13-11-18(12-14-19)17-27-22(25-20-8-7-15-24-16-20)26-21-9-5-4-6-10-21/h7-8,11-16,21H,4-6,9-10,17H2,1-3H3. The van der Waals surface area contributed by atoms with Gasteiger partial charge in [0.15, 0.2) is 0 Å². The second kappa shape index (κ2) is 9.41. The maximum atomic E-state index is 6.28. The Labute approximate surface area is 167 Å². The Kier molecular flexibility index (Phi) is 6.95. The molecule has 0 bridgehead atoms. The van der Waals surface area contributed by atoms with Crippen LogP contribution in [0.3, 0.4) is 0 Å². The topological polar surface area (TPSA) is 34.5 Å². The molecule has 0 N–H and O–H groups in total. The highest BCUT2D eigenvalue weighted by atomic mass is 32.2. The van der Waals surface area contributed by atoms with Crippen molar-refractivity contribution in [2.45, 2.75) is 70.1 Å². The van der Waals surface area contributed by atoms with Crippen molar-refractivity contribution in [3.63, 3.8) is 0 Å². The summed E-state index contributed by atoms with van der Waals surface area (Å²) in [7, 11) is 0. The van der Waals surface area contributed by atoms with Gasteiger partial charge in [0.2, 0.25) is 0 Å². The minimum absolute atomic E-state index is 0.183. The Morgan fingerprint density at radius 2 is 1.85 bits per heavy atom. The van der Waals surface area contributed by atoms with E-state index in [1.807, 2.05) is 12.1 Å². The van der Waals surface area contributed by atoms with Gasteiger partial charge >= 0.3 is 0 Å². The number of benzene rings is 1. The van der Waals surface area contributed by atoms with Crippen molar-refractivity contribution in [2.24, 2.45) is 4.99 Å². The van der Waals surface area contributed by atoms with E-state index < -0.39 is 0 Å². The Hall–Kier alpha value is -1.81. The van der Waals surface area contributed by atoms with Gasteiger partial charge in [-0.05, 0) is 54.4 Å². The van der Waals surface area contributed by atoms with Gasteiger partial charge in [0.25, 0.3) is 5.23 Å². The van der Waals surface area contributed by atoms with E-state index in [0.29, 0.717) is 6.10 Å². The monoisotopic (exact) mass is 382 g/mol. The summed E-state index contributed by atoms with van der Waals surface area (Å²) in [5.41, 5.74) is 3.68. The van der Waals surface area contributed by atoms with Crippen molar-refractivity contribution in [2.75, 3.05) is 0 Å². The lowest BCUT2D eigenvalue weighted by molar-refractivity contribution is 0.148. The van der Waals surface area contributed by atoms with E-state index in [2.05, 4.69) is 50.0 Å². The van der Waals surface area contributed by atoms with E-state index >= 15 is 0 Å². The van der Waals surface area contributed by atoms with Gasteiger partial charge in [0.1, 0.15) is 6.10 Å². The molecule has 144 valence electrons. The van der Waals surface area contributed by atoms with E-state index in [0.717, 1.165) is 29.5 Å². The average molecular weight is 383 g/mol. The molecule has 0 unspecified atom stereocenters. The number of hydrogen-bond acceptors (Lipinski definition) is 4. The molecule has 1 aromatic carbocycles. The molecule has 27 heavy (non-hydrogen) atoms. The first-order chi connectivity index (χ1) is 13.0. The van der Waals surface area contributed by atoms with Crippen LogP contribution in [0.5, 0.6) is 0 Å². The first kappa shape index (κ1) is 19.9. The molecule has 1 aromatic heterocycles. The molecule has 3 nitrogen and oxygen atoms in total. The van der Waals surface area contributed by atoms with E-state index in [9.17, 15) is 0 Å². The van der Waals surface area contributed by atoms with Crippen molar-refractivity contribution in [3.8, 4) is 0 Å². The highest BCUT2D eigenvalue weighted by molar-refractivity contribution is 8.12. The first-order valence-corrected chi connectivity index (χ1v) is 10.9. The summed E-state index contributed by atoms with van der Waals surface area (Å²) in [6.07, 6.45) is 9.94. The van der Waals surface area contributed by atoms with Gasteiger partial charge in [-0.2, -0.15) is 0 Å². The molecule has 0 aliphatic heterocycles. The van der Waals surface area contributed by atoms with Gasteiger partial charge in [-0.15, -0.1) is 0 Å². The van der Waals surface area contributed by atoms with Gasteiger partial charge in [-0.3, -0.25) is 4.98 Å². The summed E-state index contributed by atoms with van der Waals surface area (Å²) in [6.45, 7) is 6.73. The minimum atomic E-state index is 0.183. The Bertz CT molecular complexity index is 729. The predicted octanol–water partition coefficient (Wildman–Crippen LogP) is 6.65. The maximum Gasteiger partial charge on any atom is 0.251 e. The second-order valence-corrected chi connectivity index (χ2v) is 9.13. The molecule has 0 amide bonds. The Balaban J connectivity index is 1.68. The van der Waals surface area contributed by atoms with Crippen LogP contribution in [-0.2, 0) is 15.9 Å². The first-order valence-electron chi connectivity index (χ1n) is 9.88. The zero-order valence-corrected chi connectivity index (χ0v) is 17.5. The molecule has 0 atom stereocenters. The van der Waals surface area contributed by atoms with Gasteiger partial charge in [0.05, 0.1) is 11.9 Å². The highest BCUT2D eigenvalue weighted by Gasteiger charge is 2.18. The molecule has 2 aromatic rings. The van der Waals surface area contributed by atoms with Crippen LogP contribution in [0.1, 0.15) is 64.0 Å². The van der Waals surface area contributed by atoms with Crippen LogP contribution in [0.4, 0.5) is 5.69 Å². The third-order valence-electron chi connectivity index (χ3n) is 4.87. The molecule has 3 rings (SSSR count). The zero-order chi connectivity index (χ0) is 19.1. The SMILES string of the molecule is CC(C)(C)c1ccc(CSC(=Nc2cccnc2)OC2CCCCC2)cc1. The lowest BCUT2D eigenvalue weighted by Crippen LogP contribution is -2.19. The van der Waals surface area contributed by atoms with E-state index in [-0.39, 0.29) is 5.41 Å². The largest absolute Gasteiger partial charge is 0.469 e. The van der Waals surface area contributed by atoms with Crippen LogP contribution in [0.15, 0.2) is 53.8 Å². The molecule has 1 saturated carbocycles. The van der Waals surface area contributed by atoms with Crippen LogP contribution in [0, 0.1) is 0 Å². The predicted molar refractivity (Wildman–Crippen MR) is 116 cm³/mol. The Morgan fingerprint density at radius 3 is 2.48 bits per heavy atom. The lowest BCUT2D eigenvalue weighted by Gasteiger charge is -2.23. The maximum absolute atomic E-state index is 6.28. The summed E-state index contributed by atoms with van der Waals surface area (Å²) < 4.78 is 6.28. The fourth-order valence-electron chi connectivity index (χ4n) is 3.19. The molecule has 1 fully saturated rings. The molecular weight excluding hydrogens is 352 g/mol. The van der Waals surface area contributed by atoms with Crippen molar-refractivity contribution in [1.82, 2.24) is 4.98 Å². The summed E-state index contributed by atoms with van der Waals surface area (Å²) in [5, 5.41) is 0.759. The molecule has 0 radical (unpaired) electrons. The third-order valence-corrected chi connectivity index (χ3v) is 5.78. The number of aliphatic imine (C=N–C) groups is 1. The number of aromatic nitrogens is 1. The number of ether oxygens (including phenoxy) is 1. The lowest BCUT2D eigenvalue weighted by atomic mass is 9.87. The van der Waals surface area contributed by atoms with Gasteiger partial charge in [-0.25, -0.2) is 4.99 Å². The molecule has 1 aliphatic carbocycles. The smallest absolute Gasteiger partial charge is 0.251 e. The number of hydrogen-bond donors (Lipinski definition) is 0. The normalized spacial score (nSPS) is 16.3. The second-order valence-electron chi connectivity index (χ2n) is 8.20. The number of thioether (sulfide) groups is 1. The molecule has 0 saturated heterocycles. The molecule has 0 spiro atoms. The molecule has 4 heteroatoms. The van der Waals surface area contributed by atoms with Gasteiger partial charge in [-0.1, -0.05) is 63.2 Å². The summed E-state index contributed by atoms with van der Waals surface area (Å²) in [5.74, 6) is 0.857. The fraction of sp³-hybridized carbons (Fsp3) is 0.478. The fourth-order valence-corrected chi connectivity index (χ4v) is 4.05. The van der Waals surface area contributed by atoms with Crippen molar-refractivity contribution < 1.29 is 4.74 Å². The molecular formula is C23H30N2OS. The summed E-state index contributed by atoms with van der Waals surface area (Å²) in [6, 6.07) is 12.8. The number of rotatable bonds is 4. The van der Waals surface area contributed by atoms with Crippen molar-refractivity contribution in [1.29, 1.82) is 0 Å². The third kappa shape index (κ3) is 6.39. The van der Waals surface area contributed by atoms with Gasteiger partial charge < -0.3 is 4.74 Å². The molecule has 1 heterocycles. The Morgan fingerprint density at radius 1 is 1.11 bits per heavy atom. The van der Waals surface area contributed by atoms with E-state index in [1.165, 1.54) is 30.4 Å². The quantitative estimate of drug-likeness (QED) is 0.438. The van der Waals surface area contributed by atoms with Crippen molar-refractivity contribution >= 4 is 22.7 Å². The zero-order valence-electron chi connectivity index (χ0n) is 16.6. The van der Waals surface area contributed by atoms with E-state index in [1.54, 1.807) is 24.2 Å². The van der Waals surface area contributed by atoms with E-state index in [4.69, 9.17) is 9.73 Å². The molecule has 1 aliphatic rings. The summed E-state index contributed by atoms with van der Waals surface area (Å²) >= 11 is 1.68. The summed E-state index contributed by atoms with van der Waals surface area (Å²) in [4.78, 5) is 8.88. The van der Waals surface area contributed by atoms with Crippen molar-refractivity contribution in [3.05, 3.63) is 59.9 Å². The minimum Gasteiger partial charge on any atom is -0.469 e. The average Bonchev–Trinajstić information content (AvgIpc) is 2.67. The highest BCUT2D eigenvalue weighted by Crippen LogP contribution is 2.27. The van der Waals surface area contributed by atoms with Crippen LogP contribution in [0.2, 0.25) is 0 Å². The van der Waals surface area contributed by atoms with Crippen LogP contribution in [-0.4, -0.2) is 16.3 Å². The van der Waals surface area contributed by atoms with Crippen LogP contribution < -0.4 is 0 Å². The van der Waals surface area contributed by atoms with Crippen LogP contribution >= 0.6 is 11.8 Å². The van der Waals surface area contributed by atoms with Crippen LogP contribution in [0.25, 0.3) is 0 Å². The number of pyridine rings is 1.